The Morgan fingerprint density at radius 2 is 2.12 bits per heavy atom. The number of carbonyl (C=O) groups is 2. The van der Waals surface area contributed by atoms with Gasteiger partial charge in [-0.05, 0) is 37.0 Å². The molecule has 2 atom stereocenters. The molecular weight excluding hydrogens is 346 g/mol. The second-order valence-corrected chi connectivity index (χ2v) is 8.45. The molecule has 2 amide bonds. The van der Waals surface area contributed by atoms with Crippen LogP contribution < -0.4 is 11.1 Å². The maximum absolute atomic E-state index is 12.8. The van der Waals surface area contributed by atoms with Crippen LogP contribution in [-0.2, 0) is 4.79 Å². The molecule has 2 aliphatic rings. The van der Waals surface area contributed by atoms with Gasteiger partial charge >= 0.3 is 0 Å². The van der Waals surface area contributed by atoms with Crippen molar-refractivity contribution < 1.29 is 9.59 Å². The molecule has 132 valence electrons. The van der Waals surface area contributed by atoms with Gasteiger partial charge in [-0.15, -0.1) is 24.2 Å². The van der Waals surface area contributed by atoms with E-state index < -0.39 is 0 Å². The van der Waals surface area contributed by atoms with E-state index in [2.05, 4.69) is 19.2 Å². The summed E-state index contributed by atoms with van der Waals surface area (Å²) in [7, 11) is 0. The van der Waals surface area contributed by atoms with E-state index in [4.69, 9.17) is 5.73 Å². The van der Waals surface area contributed by atoms with Gasteiger partial charge in [-0.1, -0.05) is 13.8 Å². The number of hydrogen-bond donors (Lipinski definition) is 2. The summed E-state index contributed by atoms with van der Waals surface area (Å²) in [5.41, 5.74) is 7.41. The topological polar surface area (TPSA) is 75.4 Å². The lowest BCUT2D eigenvalue weighted by Gasteiger charge is -2.42. The number of hydrogen-bond acceptors (Lipinski definition) is 4. The number of amides is 2. The number of nitrogens with one attached hydrogen (secondary N) is 1. The second-order valence-electron chi connectivity index (χ2n) is 7.07. The van der Waals surface area contributed by atoms with Gasteiger partial charge in [-0.3, -0.25) is 9.59 Å². The summed E-state index contributed by atoms with van der Waals surface area (Å²) in [4.78, 5) is 27.5. The summed E-state index contributed by atoms with van der Waals surface area (Å²) in [5, 5.41) is 2.78. The Morgan fingerprint density at radius 1 is 1.42 bits per heavy atom. The second kappa shape index (κ2) is 6.94. The van der Waals surface area contributed by atoms with Gasteiger partial charge in [0.2, 0.25) is 5.91 Å². The number of anilines is 1. The molecule has 1 aromatic carbocycles. The summed E-state index contributed by atoms with van der Waals surface area (Å²) in [6.07, 6.45) is 0.813. The Morgan fingerprint density at radius 3 is 2.79 bits per heavy atom. The lowest BCUT2D eigenvalue weighted by Crippen LogP contribution is -2.54. The molecule has 2 aliphatic heterocycles. The first-order valence-electron chi connectivity index (χ1n) is 7.94. The van der Waals surface area contributed by atoms with E-state index in [-0.39, 0.29) is 40.9 Å². The van der Waals surface area contributed by atoms with Gasteiger partial charge in [0.1, 0.15) is 0 Å². The van der Waals surface area contributed by atoms with Crippen molar-refractivity contribution in [1.29, 1.82) is 0 Å². The number of fused-ring (bicyclic) bond motifs is 1. The molecule has 24 heavy (non-hydrogen) atoms. The minimum atomic E-state index is -0.103. The molecule has 1 aromatic rings. The summed E-state index contributed by atoms with van der Waals surface area (Å²) in [6.45, 7) is 7.41. The van der Waals surface area contributed by atoms with Crippen molar-refractivity contribution in [3.8, 4) is 0 Å². The van der Waals surface area contributed by atoms with Crippen LogP contribution in [0.1, 0.15) is 37.6 Å². The van der Waals surface area contributed by atoms with Crippen LogP contribution >= 0.6 is 24.2 Å². The highest BCUT2D eigenvalue weighted by atomic mass is 35.5. The molecule has 0 radical (unpaired) electrons. The first-order chi connectivity index (χ1) is 10.8. The molecule has 3 rings (SSSR count). The van der Waals surface area contributed by atoms with Crippen LogP contribution in [0.3, 0.4) is 0 Å². The zero-order valence-electron chi connectivity index (χ0n) is 14.2. The highest BCUT2D eigenvalue weighted by Crippen LogP contribution is 2.36. The van der Waals surface area contributed by atoms with Gasteiger partial charge in [-0.2, -0.15) is 0 Å². The van der Waals surface area contributed by atoms with E-state index in [1.54, 1.807) is 6.07 Å². The number of benzene rings is 1. The smallest absolute Gasteiger partial charge is 0.253 e. The van der Waals surface area contributed by atoms with E-state index in [0.29, 0.717) is 18.7 Å². The molecule has 0 spiro atoms. The number of nitrogens with zero attached hydrogens (tertiary/aromatic N) is 1. The van der Waals surface area contributed by atoms with Crippen molar-refractivity contribution >= 4 is 41.7 Å². The number of thioether (sulfide) groups is 1. The van der Waals surface area contributed by atoms with E-state index >= 15 is 0 Å². The van der Waals surface area contributed by atoms with E-state index in [1.165, 1.54) is 11.8 Å². The highest BCUT2D eigenvalue weighted by Gasteiger charge is 2.35. The maximum Gasteiger partial charge on any atom is 0.253 e. The van der Waals surface area contributed by atoms with Crippen molar-refractivity contribution in [2.75, 3.05) is 18.4 Å². The fourth-order valence-corrected chi connectivity index (χ4v) is 4.00. The molecule has 0 bridgehead atoms. The van der Waals surface area contributed by atoms with Gasteiger partial charge in [0.15, 0.2) is 0 Å². The third kappa shape index (κ3) is 3.55. The molecule has 1 saturated heterocycles. The molecule has 0 saturated carbocycles. The summed E-state index contributed by atoms with van der Waals surface area (Å²) in [5.74, 6) is -0.0113. The largest absolute Gasteiger partial charge is 0.338 e. The van der Waals surface area contributed by atoms with Crippen LogP contribution in [0.2, 0.25) is 0 Å². The zero-order valence-corrected chi connectivity index (χ0v) is 15.8. The average Bonchev–Trinajstić information content (AvgIpc) is 2.50. The molecule has 0 aliphatic carbocycles. The van der Waals surface area contributed by atoms with Crippen LogP contribution in [0.5, 0.6) is 0 Å². The summed E-state index contributed by atoms with van der Waals surface area (Å²) in [6, 6.07) is 5.67. The molecule has 7 heteroatoms. The van der Waals surface area contributed by atoms with E-state index in [9.17, 15) is 9.59 Å². The number of nitrogens with two attached hydrogens (primary N) is 1. The number of piperidine rings is 1. The van der Waals surface area contributed by atoms with Gasteiger partial charge < -0.3 is 16.0 Å². The monoisotopic (exact) mass is 369 g/mol. The minimum Gasteiger partial charge on any atom is -0.338 e. The van der Waals surface area contributed by atoms with Crippen LogP contribution in [0, 0.1) is 5.41 Å². The average molecular weight is 370 g/mol. The minimum absolute atomic E-state index is 0. The molecule has 2 unspecified atom stereocenters. The van der Waals surface area contributed by atoms with Crippen molar-refractivity contribution in [2.24, 2.45) is 11.1 Å². The van der Waals surface area contributed by atoms with Crippen molar-refractivity contribution in [1.82, 2.24) is 4.90 Å². The van der Waals surface area contributed by atoms with Crippen LogP contribution in [0.4, 0.5) is 5.69 Å². The number of carbonyl (C=O) groups excluding carboxylic acids is 2. The van der Waals surface area contributed by atoms with Crippen LogP contribution in [0.15, 0.2) is 23.1 Å². The fourth-order valence-electron chi connectivity index (χ4n) is 3.07. The van der Waals surface area contributed by atoms with Crippen LogP contribution in [-0.4, -0.2) is 41.1 Å². The molecule has 2 heterocycles. The predicted octanol–water partition coefficient (Wildman–Crippen LogP) is 2.74. The number of likely N-dealkylation sites (tertiary alicyclic amines) is 1. The Labute approximate surface area is 153 Å². The van der Waals surface area contributed by atoms with Gasteiger partial charge in [-0.25, -0.2) is 0 Å². The van der Waals surface area contributed by atoms with E-state index in [1.807, 2.05) is 24.0 Å². The Bertz CT molecular complexity index is 665. The molecule has 0 aromatic heterocycles. The van der Waals surface area contributed by atoms with Crippen molar-refractivity contribution in [2.45, 2.75) is 43.4 Å². The number of rotatable bonds is 1. The Hall–Kier alpha value is -1.24. The third-order valence-electron chi connectivity index (χ3n) is 4.76. The normalized spacial score (nSPS) is 25.3. The quantitative estimate of drug-likeness (QED) is 0.798. The van der Waals surface area contributed by atoms with Gasteiger partial charge in [0.25, 0.3) is 5.91 Å². The molecule has 1 fully saturated rings. The first-order valence-corrected chi connectivity index (χ1v) is 8.82. The number of halogens is 1. The fraction of sp³-hybridized carbons (Fsp3) is 0.529. The highest BCUT2D eigenvalue weighted by molar-refractivity contribution is 8.00. The summed E-state index contributed by atoms with van der Waals surface area (Å²) < 4.78 is 0. The maximum atomic E-state index is 12.8. The van der Waals surface area contributed by atoms with Gasteiger partial charge in [0.05, 0.1) is 10.9 Å². The lowest BCUT2D eigenvalue weighted by molar-refractivity contribution is -0.115. The SMILES string of the molecule is CC1Sc2ccc(C(=O)N3CCC(N)C(C)(C)C3)cc2NC1=O.Cl. The standard InChI is InChI=1S/C17H23N3O2S.ClH/c1-10-15(21)19-12-8-11(4-5-13(12)23-10)16(22)20-7-6-14(18)17(2,3)9-20;/h4-5,8,10,14H,6-7,9,18H2,1-3H3,(H,19,21);1H. The Balaban J connectivity index is 0.00000208. The van der Waals surface area contributed by atoms with E-state index in [0.717, 1.165) is 17.0 Å². The Kier molecular flexibility index (Phi) is 5.52. The van der Waals surface area contributed by atoms with Gasteiger partial charge in [0, 0.05) is 29.6 Å². The third-order valence-corrected chi connectivity index (χ3v) is 5.93. The van der Waals surface area contributed by atoms with Crippen molar-refractivity contribution in [3.05, 3.63) is 23.8 Å². The molecule has 5 nitrogen and oxygen atoms in total. The van der Waals surface area contributed by atoms with Crippen LogP contribution in [0.25, 0.3) is 0 Å². The zero-order chi connectivity index (χ0) is 16.8. The van der Waals surface area contributed by atoms with Crippen molar-refractivity contribution in [3.63, 3.8) is 0 Å². The summed E-state index contributed by atoms with van der Waals surface area (Å²) >= 11 is 1.52. The first kappa shape index (κ1) is 19.1. The molecular formula is C17H24ClN3O2S. The lowest BCUT2D eigenvalue weighted by atomic mass is 9.79. The molecule has 3 N–H and O–H groups in total. The predicted molar refractivity (Wildman–Crippen MR) is 99.9 cm³/mol.